The van der Waals surface area contributed by atoms with Crippen LogP contribution in [0.15, 0.2) is 60.7 Å². The molecule has 0 spiro atoms. The molecule has 0 N–H and O–H groups in total. The molecular formula is C14H15ClMgSi. The van der Waals surface area contributed by atoms with Gasteiger partial charge in [0, 0.05) is 0 Å². The van der Waals surface area contributed by atoms with Gasteiger partial charge in [0.25, 0.3) is 0 Å². The second kappa shape index (κ2) is 7.21. The average molecular weight is 271 g/mol. The molecule has 0 amide bonds. The van der Waals surface area contributed by atoms with Gasteiger partial charge < -0.3 is 19.0 Å². The Labute approximate surface area is 127 Å². The van der Waals surface area contributed by atoms with Crippen LogP contribution in [0.4, 0.5) is 0 Å². The van der Waals surface area contributed by atoms with E-state index in [-0.39, 0.29) is 35.5 Å². The van der Waals surface area contributed by atoms with Crippen LogP contribution in [0, 0.1) is 6.55 Å². The summed E-state index contributed by atoms with van der Waals surface area (Å²) in [6.07, 6.45) is 0. The van der Waals surface area contributed by atoms with Gasteiger partial charge in [-0.05, 0) is 8.07 Å². The Kier molecular flexibility index (Phi) is 7.09. The number of hydrogen-bond acceptors (Lipinski definition) is 0. The smallest absolute Gasteiger partial charge is 1.00 e. The molecule has 0 heterocycles. The summed E-state index contributed by atoms with van der Waals surface area (Å²) >= 11 is 0. The molecule has 0 atom stereocenters. The monoisotopic (exact) mass is 270 g/mol. The number of hydrogen-bond donors (Lipinski definition) is 0. The van der Waals surface area contributed by atoms with Crippen LogP contribution >= 0.6 is 0 Å². The van der Waals surface area contributed by atoms with Gasteiger partial charge in [0.05, 0.1) is 0 Å². The van der Waals surface area contributed by atoms with Gasteiger partial charge in [-0.15, -0.1) is 0 Å². The number of halogens is 1. The molecule has 0 unspecified atom stereocenters. The van der Waals surface area contributed by atoms with Gasteiger partial charge in [-0.1, -0.05) is 77.6 Å². The molecule has 0 fully saturated rings. The van der Waals surface area contributed by atoms with Gasteiger partial charge in [-0.25, -0.2) is 0 Å². The largest absolute Gasteiger partial charge is 2.00 e. The van der Waals surface area contributed by atoms with Crippen LogP contribution in [0.2, 0.25) is 6.55 Å². The summed E-state index contributed by atoms with van der Waals surface area (Å²) in [5, 5.41) is 2.77. The van der Waals surface area contributed by atoms with Crippen LogP contribution in [-0.2, 0) is 0 Å². The summed E-state index contributed by atoms with van der Waals surface area (Å²) < 4.78 is 0. The first kappa shape index (κ1) is 16.7. The van der Waals surface area contributed by atoms with Crippen LogP contribution < -0.4 is 22.8 Å². The Morgan fingerprint density at radius 3 is 1.35 bits per heavy atom. The Morgan fingerprint density at radius 2 is 1.06 bits per heavy atom. The standard InChI is InChI=1S/C14H15Si.ClH.Mg/c1-15(2,13-9-5-3-6-10-13)14-11-7-4-8-12-14;;/h3-12H,1H2,2H3;1H;/q-1;;+2/p-1. The van der Waals surface area contributed by atoms with Crippen molar-refractivity contribution in [3.05, 3.63) is 67.2 Å². The number of rotatable bonds is 2. The predicted molar refractivity (Wildman–Crippen MR) is 74.9 cm³/mol. The van der Waals surface area contributed by atoms with E-state index in [1.165, 1.54) is 10.4 Å². The molecule has 0 saturated carbocycles. The van der Waals surface area contributed by atoms with E-state index in [2.05, 4.69) is 73.8 Å². The second-order valence-electron chi connectivity index (χ2n) is 4.06. The summed E-state index contributed by atoms with van der Waals surface area (Å²) in [6, 6.07) is 21.2. The molecular weight excluding hydrogens is 256 g/mol. The van der Waals surface area contributed by atoms with Gasteiger partial charge >= 0.3 is 23.1 Å². The predicted octanol–water partition coefficient (Wildman–Crippen LogP) is -1.12. The third-order valence-corrected chi connectivity index (χ3v) is 6.04. The van der Waals surface area contributed by atoms with Crippen molar-refractivity contribution >= 4 is 41.5 Å². The van der Waals surface area contributed by atoms with Crippen LogP contribution in [0.1, 0.15) is 0 Å². The molecule has 0 aliphatic rings. The van der Waals surface area contributed by atoms with Gasteiger partial charge in [-0.2, -0.15) is 0 Å². The van der Waals surface area contributed by atoms with E-state index >= 15 is 0 Å². The molecule has 0 nitrogen and oxygen atoms in total. The molecule has 17 heavy (non-hydrogen) atoms. The van der Waals surface area contributed by atoms with E-state index in [1.54, 1.807) is 0 Å². The fourth-order valence-electron chi connectivity index (χ4n) is 1.78. The summed E-state index contributed by atoms with van der Waals surface area (Å²) in [5.41, 5.74) is 0. The fraction of sp³-hybridized carbons (Fsp3) is 0.0714. The Morgan fingerprint density at radius 1 is 0.765 bits per heavy atom. The van der Waals surface area contributed by atoms with Gasteiger partial charge in [0.2, 0.25) is 0 Å². The minimum Gasteiger partial charge on any atom is -1.00 e. The van der Waals surface area contributed by atoms with Crippen molar-refractivity contribution in [2.24, 2.45) is 0 Å². The quantitative estimate of drug-likeness (QED) is 0.479. The van der Waals surface area contributed by atoms with Gasteiger partial charge in [0.15, 0.2) is 0 Å². The molecule has 2 aromatic rings. The minimum absolute atomic E-state index is 0. The normalized spacial score (nSPS) is 10.0. The van der Waals surface area contributed by atoms with E-state index in [4.69, 9.17) is 0 Å². The first-order valence-corrected chi connectivity index (χ1v) is 7.88. The van der Waals surface area contributed by atoms with E-state index < -0.39 is 8.07 Å². The van der Waals surface area contributed by atoms with Crippen LogP contribution in [-0.4, -0.2) is 31.1 Å². The summed E-state index contributed by atoms with van der Waals surface area (Å²) in [4.78, 5) is 0. The molecule has 0 aliphatic carbocycles. The Hall–Kier alpha value is -0.287. The molecule has 0 aliphatic heterocycles. The van der Waals surface area contributed by atoms with Crippen molar-refractivity contribution in [3.63, 3.8) is 0 Å². The maximum absolute atomic E-state index is 4.45. The van der Waals surface area contributed by atoms with Gasteiger partial charge in [-0.3, -0.25) is 0 Å². The summed E-state index contributed by atoms with van der Waals surface area (Å²) in [6.45, 7) is 6.74. The summed E-state index contributed by atoms with van der Waals surface area (Å²) in [5.74, 6) is 0. The van der Waals surface area contributed by atoms with Crippen LogP contribution in [0.3, 0.4) is 0 Å². The molecule has 3 heteroatoms. The maximum atomic E-state index is 4.45. The molecule has 0 radical (unpaired) electrons. The fourth-order valence-corrected chi connectivity index (χ4v) is 3.97. The second-order valence-corrected chi connectivity index (χ2v) is 7.88. The zero-order valence-corrected chi connectivity index (χ0v) is 13.2. The van der Waals surface area contributed by atoms with E-state index in [0.717, 1.165) is 0 Å². The topological polar surface area (TPSA) is 0 Å². The summed E-state index contributed by atoms with van der Waals surface area (Å²) in [7, 11) is -1.71. The van der Waals surface area contributed by atoms with Crippen molar-refractivity contribution in [1.29, 1.82) is 0 Å². The van der Waals surface area contributed by atoms with Crippen LogP contribution in [0.5, 0.6) is 0 Å². The van der Waals surface area contributed by atoms with E-state index in [9.17, 15) is 0 Å². The molecule has 0 saturated heterocycles. The minimum atomic E-state index is -1.71. The SMILES string of the molecule is [CH2-][Si](C)(c1ccccc1)c1ccccc1.[Cl-].[Mg+2]. The average Bonchev–Trinajstić information content (AvgIpc) is 2.31. The Balaban J connectivity index is 0.00000128. The zero-order chi connectivity index (χ0) is 10.7. The first-order chi connectivity index (χ1) is 7.21. The van der Waals surface area contributed by atoms with Crippen molar-refractivity contribution in [3.8, 4) is 0 Å². The molecule has 2 rings (SSSR count). The number of benzene rings is 2. The van der Waals surface area contributed by atoms with Crippen LogP contribution in [0.25, 0.3) is 0 Å². The van der Waals surface area contributed by atoms with E-state index in [0.29, 0.717) is 0 Å². The third kappa shape index (κ3) is 3.85. The maximum Gasteiger partial charge on any atom is 2.00 e. The zero-order valence-electron chi connectivity index (χ0n) is 10.1. The van der Waals surface area contributed by atoms with Gasteiger partial charge in [0.1, 0.15) is 0 Å². The molecule has 0 bridgehead atoms. The Bertz CT molecular complexity index is 387. The molecule has 2 aromatic carbocycles. The van der Waals surface area contributed by atoms with E-state index in [1.807, 2.05) is 0 Å². The first-order valence-electron chi connectivity index (χ1n) is 5.17. The molecule has 84 valence electrons. The molecule has 0 aromatic heterocycles. The van der Waals surface area contributed by atoms with Crippen molar-refractivity contribution in [2.45, 2.75) is 6.55 Å². The van der Waals surface area contributed by atoms with Crippen molar-refractivity contribution in [1.82, 2.24) is 0 Å². The third-order valence-electron chi connectivity index (χ3n) is 2.82. The van der Waals surface area contributed by atoms with Crippen molar-refractivity contribution < 1.29 is 12.4 Å². The van der Waals surface area contributed by atoms with Crippen molar-refractivity contribution in [2.75, 3.05) is 0 Å².